The average molecular weight is 260 g/mol. The number of rotatable bonds is 2. The molecule has 20 heavy (non-hydrogen) atoms. The molecule has 0 fully saturated rings. The smallest absolute Gasteiger partial charge is 0.253 e. The topological polar surface area (TPSA) is 16.1 Å². The summed E-state index contributed by atoms with van der Waals surface area (Å²) in [7, 11) is 0. The van der Waals surface area contributed by atoms with Crippen LogP contribution in [0.2, 0.25) is 0 Å². The van der Waals surface area contributed by atoms with E-state index in [-0.39, 0.29) is 6.71 Å². The van der Waals surface area contributed by atoms with Crippen LogP contribution in [-0.2, 0) is 0 Å². The minimum atomic E-state index is 0.261. The molecule has 1 aromatic heterocycles. The van der Waals surface area contributed by atoms with Gasteiger partial charge in [-0.15, -0.1) is 0 Å². The standard InChI is InChI=1S/C17H17BN2/c1-14-6-5-7-15(2)17(14)20-12-9-18(10-13-20)16-8-3-4-11-19-16/h3-13H,1-2H3. The van der Waals surface area contributed by atoms with Crippen LogP contribution in [0.25, 0.3) is 0 Å². The fraction of sp³-hybridized carbons (Fsp3) is 0.118. The molecule has 2 heterocycles. The van der Waals surface area contributed by atoms with Crippen molar-refractivity contribution in [2.45, 2.75) is 13.8 Å². The van der Waals surface area contributed by atoms with Crippen molar-refractivity contribution in [3.05, 3.63) is 78.1 Å². The Morgan fingerprint density at radius 1 is 0.900 bits per heavy atom. The Hall–Kier alpha value is -2.29. The number of hydrogen-bond donors (Lipinski definition) is 0. The summed E-state index contributed by atoms with van der Waals surface area (Å²) >= 11 is 0. The maximum absolute atomic E-state index is 4.41. The molecule has 0 radical (unpaired) electrons. The third-order valence-electron chi connectivity index (χ3n) is 3.63. The minimum absolute atomic E-state index is 0.261. The monoisotopic (exact) mass is 260 g/mol. The van der Waals surface area contributed by atoms with Gasteiger partial charge in [-0.05, 0) is 49.5 Å². The molecule has 0 atom stereocenters. The van der Waals surface area contributed by atoms with E-state index < -0.39 is 0 Å². The first-order valence-corrected chi connectivity index (χ1v) is 6.88. The molecule has 0 saturated carbocycles. The Labute approximate surface area is 120 Å². The van der Waals surface area contributed by atoms with Gasteiger partial charge in [0.25, 0.3) is 6.71 Å². The third-order valence-corrected chi connectivity index (χ3v) is 3.63. The molecule has 3 heteroatoms. The molecule has 2 nitrogen and oxygen atoms in total. The molecule has 0 unspecified atom stereocenters. The van der Waals surface area contributed by atoms with Crippen LogP contribution < -0.4 is 10.5 Å². The molecule has 3 rings (SSSR count). The second kappa shape index (κ2) is 5.37. The van der Waals surface area contributed by atoms with Crippen molar-refractivity contribution < 1.29 is 0 Å². The Balaban J connectivity index is 1.86. The van der Waals surface area contributed by atoms with E-state index in [1.54, 1.807) is 0 Å². The summed E-state index contributed by atoms with van der Waals surface area (Å²) in [5.74, 6) is 4.38. The Morgan fingerprint density at radius 3 is 2.20 bits per heavy atom. The van der Waals surface area contributed by atoms with Gasteiger partial charge in [-0.1, -0.05) is 36.2 Å². The lowest BCUT2D eigenvalue weighted by molar-refractivity contribution is 1.21. The van der Waals surface area contributed by atoms with Gasteiger partial charge in [0.05, 0.1) is 5.69 Å². The first-order valence-electron chi connectivity index (χ1n) is 6.88. The SMILES string of the molecule is Cc1cccc(C)c1N1C=CB(c2ccccn2)C=C1. The quantitative estimate of drug-likeness (QED) is 0.771. The highest BCUT2D eigenvalue weighted by molar-refractivity contribution is 6.81. The van der Waals surface area contributed by atoms with Crippen molar-refractivity contribution >= 4 is 18.0 Å². The van der Waals surface area contributed by atoms with E-state index in [1.165, 1.54) is 16.8 Å². The van der Waals surface area contributed by atoms with Crippen LogP contribution in [-0.4, -0.2) is 11.7 Å². The molecule has 0 N–H and O–H groups in total. The van der Waals surface area contributed by atoms with Crippen LogP contribution in [0.5, 0.6) is 0 Å². The highest BCUT2D eigenvalue weighted by Crippen LogP contribution is 2.26. The zero-order chi connectivity index (χ0) is 13.9. The molecule has 2 aromatic rings. The van der Waals surface area contributed by atoms with E-state index in [4.69, 9.17) is 0 Å². The number of pyridine rings is 1. The summed E-state index contributed by atoms with van der Waals surface area (Å²) in [6.45, 7) is 4.56. The number of nitrogens with zero attached hydrogens (tertiary/aromatic N) is 2. The van der Waals surface area contributed by atoms with E-state index in [9.17, 15) is 0 Å². The zero-order valence-electron chi connectivity index (χ0n) is 11.8. The van der Waals surface area contributed by atoms with Crippen molar-refractivity contribution in [3.63, 3.8) is 0 Å². The van der Waals surface area contributed by atoms with E-state index in [0.717, 1.165) is 5.59 Å². The number of hydrogen-bond acceptors (Lipinski definition) is 2. The number of anilines is 1. The summed E-state index contributed by atoms with van der Waals surface area (Å²) in [6.07, 6.45) is 6.11. The molecule has 1 aliphatic heterocycles. The molecule has 98 valence electrons. The molecule has 0 saturated heterocycles. The van der Waals surface area contributed by atoms with Crippen LogP contribution in [0, 0.1) is 13.8 Å². The van der Waals surface area contributed by atoms with Gasteiger partial charge >= 0.3 is 0 Å². The van der Waals surface area contributed by atoms with E-state index in [2.05, 4.69) is 72.3 Å². The lowest BCUT2D eigenvalue weighted by Gasteiger charge is -2.24. The second-order valence-electron chi connectivity index (χ2n) is 5.11. The Kier molecular flexibility index (Phi) is 3.42. The molecule has 0 spiro atoms. The van der Waals surface area contributed by atoms with Gasteiger partial charge in [-0.3, -0.25) is 4.98 Å². The number of aromatic nitrogens is 1. The van der Waals surface area contributed by atoms with Crippen LogP contribution in [0.15, 0.2) is 66.9 Å². The van der Waals surface area contributed by atoms with Crippen LogP contribution >= 0.6 is 0 Å². The molecular weight excluding hydrogens is 243 g/mol. The zero-order valence-corrected chi connectivity index (χ0v) is 11.8. The lowest BCUT2D eigenvalue weighted by Crippen LogP contribution is -2.32. The lowest BCUT2D eigenvalue weighted by atomic mass is 9.47. The van der Waals surface area contributed by atoms with Crippen molar-refractivity contribution in [2.75, 3.05) is 4.90 Å². The normalized spacial score (nSPS) is 13.9. The van der Waals surface area contributed by atoms with Gasteiger partial charge in [-0.2, -0.15) is 0 Å². The minimum Gasteiger partial charge on any atom is -0.326 e. The van der Waals surface area contributed by atoms with E-state index in [0.29, 0.717) is 0 Å². The van der Waals surface area contributed by atoms with Gasteiger partial charge in [-0.25, -0.2) is 0 Å². The first-order chi connectivity index (χ1) is 9.75. The van der Waals surface area contributed by atoms with Crippen molar-refractivity contribution in [2.24, 2.45) is 0 Å². The summed E-state index contributed by atoms with van der Waals surface area (Å²) in [5.41, 5.74) is 4.92. The maximum Gasteiger partial charge on any atom is 0.253 e. The van der Waals surface area contributed by atoms with Crippen molar-refractivity contribution in [3.8, 4) is 0 Å². The fourth-order valence-electron chi connectivity index (χ4n) is 2.62. The highest BCUT2D eigenvalue weighted by Gasteiger charge is 2.16. The Bertz CT molecular complexity index is 628. The summed E-state index contributed by atoms with van der Waals surface area (Å²) < 4.78 is 0. The van der Waals surface area contributed by atoms with Gasteiger partial charge in [0.1, 0.15) is 0 Å². The summed E-state index contributed by atoms with van der Waals surface area (Å²) in [4.78, 5) is 6.60. The number of aryl methyl sites for hydroxylation is 2. The highest BCUT2D eigenvalue weighted by atomic mass is 15.1. The van der Waals surface area contributed by atoms with Crippen molar-refractivity contribution in [1.82, 2.24) is 4.98 Å². The van der Waals surface area contributed by atoms with Gasteiger partial charge in [0.2, 0.25) is 0 Å². The summed E-state index contributed by atoms with van der Waals surface area (Å²) in [6, 6.07) is 12.4. The van der Waals surface area contributed by atoms with Crippen LogP contribution in [0.1, 0.15) is 11.1 Å². The van der Waals surface area contributed by atoms with E-state index >= 15 is 0 Å². The van der Waals surface area contributed by atoms with Gasteiger partial charge in [0.15, 0.2) is 0 Å². The van der Waals surface area contributed by atoms with Crippen molar-refractivity contribution in [1.29, 1.82) is 0 Å². The number of para-hydroxylation sites is 1. The predicted octanol–water partition coefficient (Wildman–Crippen LogP) is 3.03. The maximum atomic E-state index is 4.41. The first kappa shape index (κ1) is 12.7. The van der Waals surface area contributed by atoms with E-state index in [1.807, 2.05) is 18.3 Å². The molecule has 1 aliphatic rings. The predicted molar refractivity (Wildman–Crippen MR) is 86.3 cm³/mol. The largest absolute Gasteiger partial charge is 0.326 e. The molecular formula is C17H17BN2. The molecule has 0 aliphatic carbocycles. The van der Waals surface area contributed by atoms with Crippen LogP contribution in [0.3, 0.4) is 0 Å². The average Bonchev–Trinajstić information content (AvgIpc) is 2.49. The number of benzene rings is 1. The molecule has 1 aromatic carbocycles. The summed E-state index contributed by atoms with van der Waals surface area (Å²) in [5, 5.41) is 0. The Morgan fingerprint density at radius 2 is 1.60 bits per heavy atom. The third kappa shape index (κ3) is 2.39. The molecule has 0 bridgehead atoms. The van der Waals surface area contributed by atoms with Crippen LogP contribution in [0.4, 0.5) is 5.69 Å². The van der Waals surface area contributed by atoms with Gasteiger partial charge in [0, 0.05) is 11.8 Å². The van der Waals surface area contributed by atoms with Gasteiger partial charge < -0.3 is 4.90 Å². The second-order valence-corrected chi connectivity index (χ2v) is 5.11. The molecule has 0 amide bonds. The fourth-order valence-corrected chi connectivity index (χ4v) is 2.62.